The number of hydrogen-bond acceptors (Lipinski definition) is 2. The van der Waals surface area contributed by atoms with Crippen molar-refractivity contribution in [2.24, 2.45) is 0 Å². The lowest BCUT2D eigenvalue weighted by Gasteiger charge is -2.09. The van der Waals surface area contributed by atoms with E-state index in [0.29, 0.717) is 16.8 Å². The maximum absolute atomic E-state index is 12.2. The van der Waals surface area contributed by atoms with Crippen molar-refractivity contribution in [3.8, 4) is 6.07 Å². The molecule has 2 aromatic carbocycles. The van der Waals surface area contributed by atoms with Crippen LogP contribution in [0.3, 0.4) is 0 Å². The van der Waals surface area contributed by atoms with Crippen molar-refractivity contribution >= 4 is 27.5 Å². The number of nitrogens with one attached hydrogen (secondary N) is 1. The Morgan fingerprint density at radius 3 is 2.68 bits per heavy atom. The number of amides is 1. The zero-order valence-electron chi connectivity index (χ0n) is 10.3. The molecule has 2 rings (SSSR count). The third kappa shape index (κ3) is 2.83. The number of para-hydroxylation sites is 1. The minimum Gasteiger partial charge on any atom is -0.321 e. The van der Waals surface area contributed by atoms with Gasteiger partial charge in [0.15, 0.2) is 0 Å². The summed E-state index contributed by atoms with van der Waals surface area (Å²) in [5, 5.41) is 11.8. The fourth-order valence-electron chi connectivity index (χ4n) is 1.73. The first-order chi connectivity index (χ1) is 9.13. The number of hydrogen-bond donors (Lipinski definition) is 1. The summed E-state index contributed by atoms with van der Waals surface area (Å²) in [7, 11) is 0. The normalized spacial score (nSPS) is 9.74. The molecule has 0 saturated heterocycles. The second kappa shape index (κ2) is 5.68. The summed E-state index contributed by atoms with van der Waals surface area (Å²) < 4.78 is 0.883. The predicted molar refractivity (Wildman–Crippen MR) is 78.0 cm³/mol. The van der Waals surface area contributed by atoms with Gasteiger partial charge in [0.25, 0.3) is 5.91 Å². The van der Waals surface area contributed by atoms with Crippen molar-refractivity contribution in [2.75, 3.05) is 5.32 Å². The van der Waals surface area contributed by atoms with Crippen LogP contribution in [0.4, 0.5) is 5.69 Å². The SMILES string of the molecule is Cc1c(Br)cccc1C(=O)Nc1ccccc1C#N. The third-order valence-electron chi connectivity index (χ3n) is 2.81. The van der Waals surface area contributed by atoms with Crippen molar-refractivity contribution in [3.63, 3.8) is 0 Å². The molecular weight excluding hydrogens is 304 g/mol. The Morgan fingerprint density at radius 1 is 1.21 bits per heavy atom. The molecule has 94 valence electrons. The van der Waals surface area contributed by atoms with Crippen molar-refractivity contribution in [1.29, 1.82) is 5.26 Å². The van der Waals surface area contributed by atoms with Gasteiger partial charge in [0.1, 0.15) is 6.07 Å². The zero-order chi connectivity index (χ0) is 13.8. The maximum Gasteiger partial charge on any atom is 0.256 e. The molecule has 0 bridgehead atoms. The summed E-state index contributed by atoms with van der Waals surface area (Å²) in [6, 6.07) is 14.4. The lowest BCUT2D eigenvalue weighted by molar-refractivity contribution is 0.102. The minimum atomic E-state index is -0.221. The molecule has 0 spiro atoms. The number of carbonyl (C=O) groups excluding carboxylic acids is 1. The van der Waals surface area contributed by atoms with Crippen LogP contribution in [0.1, 0.15) is 21.5 Å². The van der Waals surface area contributed by atoms with E-state index in [1.165, 1.54) is 0 Å². The fourth-order valence-corrected chi connectivity index (χ4v) is 2.10. The number of nitriles is 1. The number of anilines is 1. The topological polar surface area (TPSA) is 52.9 Å². The first-order valence-corrected chi connectivity index (χ1v) is 6.48. The third-order valence-corrected chi connectivity index (χ3v) is 3.67. The van der Waals surface area contributed by atoms with Gasteiger partial charge in [-0.05, 0) is 36.8 Å². The Kier molecular flexibility index (Phi) is 3.98. The predicted octanol–water partition coefficient (Wildman–Crippen LogP) is 3.88. The molecule has 0 radical (unpaired) electrons. The van der Waals surface area contributed by atoms with Gasteiger partial charge in [-0.2, -0.15) is 5.26 Å². The van der Waals surface area contributed by atoms with Gasteiger partial charge in [0.05, 0.1) is 11.3 Å². The van der Waals surface area contributed by atoms with Gasteiger partial charge < -0.3 is 5.32 Å². The minimum absolute atomic E-state index is 0.221. The first kappa shape index (κ1) is 13.3. The van der Waals surface area contributed by atoms with Crippen molar-refractivity contribution in [3.05, 3.63) is 63.6 Å². The van der Waals surface area contributed by atoms with E-state index >= 15 is 0 Å². The first-order valence-electron chi connectivity index (χ1n) is 5.69. The second-order valence-corrected chi connectivity index (χ2v) is 4.88. The van der Waals surface area contributed by atoms with Gasteiger partial charge in [-0.25, -0.2) is 0 Å². The molecule has 0 aliphatic carbocycles. The zero-order valence-corrected chi connectivity index (χ0v) is 11.9. The number of halogens is 1. The van der Waals surface area contributed by atoms with Crippen LogP contribution in [0.25, 0.3) is 0 Å². The Bertz CT molecular complexity index is 674. The van der Waals surface area contributed by atoms with Crippen LogP contribution in [0.15, 0.2) is 46.9 Å². The average molecular weight is 315 g/mol. The van der Waals surface area contributed by atoms with Crippen LogP contribution < -0.4 is 5.32 Å². The molecule has 0 saturated carbocycles. The van der Waals surface area contributed by atoms with Gasteiger partial charge in [-0.15, -0.1) is 0 Å². The van der Waals surface area contributed by atoms with Gasteiger partial charge in [0, 0.05) is 10.0 Å². The lowest BCUT2D eigenvalue weighted by atomic mass is 10.1. The van der Waals surface area contributed by atoms with E-state index in [4.69, 9.17) is 5.26 Å². The maximum atomic E-state index is 12.2. The van der Waals surface area contributed by atoms with E-state index in [1.807, 2.05) is 19.1 Å². The average Bonchev–Trinajstić information content (AvgIpc) is 2.42. The second-order valence-electron chi connectivity index (χ2n) is 4.02. The molecule has 3 nitrogen and oxygen atoms in total. The van der Waals surface area contributed by atoms with E-state index in [2.05, 4.69) is 27.3 Å². The quantitative estimate of drug-likeness (QED) is 0.914. The Labute approximate surface area is 120 Å². The standard InChI is InChI=1S/C15H11BrN2O/c1-10-12(6-4-7-13(10)16)15(19)18-14-8-3-2-5-11(14)9-17/h2-8H,1H3,(H,18,19). The van der Waals surface area contributed by atoms with Gasteiger partial charge in [0.2, 0.25) is 0 Å². The molecule has 4 heteroatoms. The van der Waals surface area contributed by atoms with E-state index in [-0.39, 0.29) is 5.91 Å². The highest BCUT2D eigenvalue weighted by Crippen LogP contribution is 2.21. The summed E-state index contributed by atoms with van der Waals surface area (Å²) in [6.45, 7) is 1.87. The molecule has 0 aromatic heterocycles. The number of carbonyl (C=O) groups is 1. The largest absolute Gasteiger partial charge is 0.321 e. The van der Waals surface area contributed by atoms with Crippen LogP contribution in [0.2, 0.25) is 0 Å². The highest BCUT2D eigenvalue weighted by Gasteiger charge is 2.12. The van der Waals surface area contributed by atoms with Crippen LogP contribution in [-0.2, 0) is 0 Å². The van der Waals surface area contributed by atoms with E-state index in [1.54, 1.807) is 30.3 Å². The summed E-state index contributed by atoms with van der Waals surface area (Å²) in [5.74, 6) is -0.221. The molecule has 0 heterocycles. The van der Waals surface area contributed by atoms with E-state index < -0.39 is 0 Å². The molecule has 1 amide bonds. The number of benzene rings is 2. The smallest absolute Gasteiger partial charge is 0.256 e. The van der Waals surface area contributed by atoms with Crippen LogP contribution in [0.5, 0.6) is 0 Å². The lowest BCUT2D eigenvalue weighted by Crippen LogP contribution is -2.14. The Hall–Kier alpha value is -2.12. The summed E-state index contributed by atoms with van der Waals surface area (Å²) >= 11 is 3.40. The highest BCUT2D eigenvalue weighted by molar-refractivity contribution is 9.10. The van der Waals surface area contributed by atoms with Crippen LogP contribution in [-0.4, -0.2) is 5.91 Å². The van der Waals surface area contributed by atoms with Crippen molar-refractivity contribution in [1.82, 2.24) is 0 Å². The molecule has 0 aliphatic heterocycles. The molecule has 0 atom stereocenters. The molecule has 1 N–H and O–H groups in total. The Morgan fingerprint density at radius 2 is 1.95 bits per heavy atom. The van der Waals surface area contributed by atoms with Gasteiger partial charge >= 0.3 is 0 Å². The molecule has 19 heavy (non-hydrogen) atoms. The number of rotatable bonds is 2. The van der Waals surface area contributed by atoms with Gasteiger partial charge in [-0.3, -0.25) is 4.79 Å². The summed E-state index contributed by atoms with van der Waals surface area (Å²) in [6.07, 6.45) is 0. The van der Waals surface area contributed by atoms with E-state index in [0.717, 1.165) is 10.0 Å². The van der Waals surface area contributed by atoms with Crippen molar-refractivity contribution < 1.29 is 4.79 Å². The van der Waals surface area contributed by atoms with Crippen LogP contribution in [0, 0.1) is 18.3 Å². The monoisotopic (exact) mass is 314 g/mol. The van der Waals surface area contributed by atoms with Gasteiger partial charge in [-0.1, -0.05) is 34.1 Å². The molecular formula is C15H11BrN2O. The molecule has 0 aliphatic rings. The molecule has 2 aromatic rings. The summed E-state index contributed by atoms with van der Waals surface area (Å²) in [5.41, 5.74) is 2.43. The number of nitrogens with zero attached hydrogens (tertiary/aromatic N) is 1. The summed E-state index contributed by atoms with van der Waals surface area (Å²) in [4.78, 5) is 12.2. The van der Waals surface area contributed by atoms with E-state index in [9.17, 15) is 4.79 Å². The highest BCUT2D eigenvalue weighted by atomic mass is 79.9. The van der Waals surface area contributed by atoms with Crippen LogP contribution >= 0.6 is 15.9 Å². The van der Waals surface area contributed by atoms with Crippen molar-refractivity contribution in [2.45, 2.75) is 6.92 Å². The fraction of sp³-hybridized carbons (Fsp3) is 0.0667. The molecule has 0 unspecified atom stereocenters. The molecule has 0 fully saturated rings. The Balaban J connectivity index is 2.32.